The molecule has 33 heavy (non-hydrogen) atoms. The predicted octanol–water partition coefficient (Wildman–Crippen LogP) is 3.26. The van der Waals surface area contributed by atoms with Gasteiger partial charge >= 0.3 is 6.09 Å². The van der Waals surface area contributed by atoms with Gasteiger partial charge in [0.25, 0.3) is 0 Å². The Morgan fingerprint density at radius 1 is 1.18 bits per heavy atom. The summed E-state index contributed by atoms with van der Waals surface area (Å²) < 4.78 is 4.88. The van der Waals surface area contributed by atoms with Gasteiger partial charge in [-0.3, -0.25) is 19.4 Å². The molecule has 1 aromatic rings. The zero-order chi connectivity index (χ0) is 23.5. The van der Waals surface area contributed by atoms with Gasteiger partial charge < -0.3 is 15.0 Å². The van der Waals surface area contributed by atoms with Crippen LogP contribution in [0.5, 0.6) is 0 Å². The molecule has 1 atom stereocenters. The third kappa shape index (κ3) is 5.61. The number of rotatable bonds is 6. The largest absolute Gasteiger partial charge is 0.448 e. The minimum Gasteiger partial charge on any atom is -0.448 e. The number of nitrogens with zero attached hydrogens (tertiary/aromatic N) is 3. The van der Waals surface area contributed by atoms with Gasteiger partial charge in [-0.15, -0.1) is 0 Å². The summed E-state index contributed by atoms with van der Waals surface area (Å²) in [5.41, 5.74) is 2.65. The number of hydrogen-bond acceptors (Lipinski definition) is 5. The van der Waals surface area contributed by atoms with Crippen molar-refractivity contribution < 1.29 is 19.1 Å². The lowest BCUT2D eigenvalue weighted by atomic mass is 10.0. The molecule has 180 valence electrons. The van der Waals surface area contributed by atoms with Crippen molar-refractivity contribution in [2.75, 3.05) is 44.6 Å². The van der Waals surface area contributed by atoms with E-state index < -0.39 is 6.09 Å². The molecule has 3 fully saturated rings. The van der Waals surface area contributed by atoms with Crippen molar-refractivity contribution in [2.24, 2.45) is 5.92 Å². The number of piperazine rings is 1. The first-order chi connectivity index (χ1) is 15.8. The van der Waals surface area contributed by atoms with Crippen LogP contribution in [0.4, 0.5) is 10.5 Å². The van der Waals surface area contributed by atoms with E-state index in [2.05, 4.69) is 22.0 Å². The number of carbonyl (C=O) groups excluding carboxylic acids is 3. The molecule has 0 radical (unpaired) electrons. The van der Waals surface area contributed by atoms with Crippen molar-refractivity contribution in [3.63, 3.8) is 0 Å². The van der Waals surface area contributed by atoms with Gasteiger partial charge in [-0.1, -0.05) is 24.4 Å². The first kappa shape index (κ1) is 23.8. The molecule has 8 nitrogen and oxygen atoms in total. The maximum Gasteiger partial charge on any atom is 0.410 e. The Bertz CT molecular complexity index is 918. The molecular weight excluding hydrogens is 444 g/mol. The minimum absolute atomic E-state index is 0.0470. The molecule has 1 saturated carbocycles. The van der Waals surface area contributed by atoms with Gasteiger partial charge in [0.2, 0.25) is 11.8 Å². The SMILES string of the molecule is Cc1c(CN2CCN(C(=O)C3CCCC3)C(C)C2)cc(Cl)cc1NC(=O)CN1CCOC1=O. The van der Waals surface area contributed by atoms with Gasteiger partial charge in [0.05, 0.1) is 6.54 Å². The highest BCUT2D eigenvalue weighted by Crippen LogP contribution is 2.29. The molecule has 1 aliphatic carbocycles. The van der Waals surface area contributed by atoms with E-state index in [1.165, 1.54) is 17.7 Å². The number of carbonyl (C=O) groups is 3. The normalized spacial score (nSPS) is 22.0. The van der Waals surface area contributed by atoms with Gasteiger partial charge in [-0.25, -0.2) is 4.79 Å². The average molecular weight is 477 g/mol. The minimum atomic E-state index is -0.465. The van der Waals surface area contributed by atoms with Crippen LogP contribution in [0.3, 0.4) is 0 Å². The van der Waals surface area contributed by atoms with Crippen molar-refractivity contribution in [2.45, 2.75) is 52.1 Å². The molecule has 3 amide bonds. The Labute approximate surface area is 200 Å². The molecule has 3 aliphatic rings. The Hall–Kier alpha value is -2.32. The Kier molecular flexibility index (Phi) is 7.44. The number of benzene rings is 1. The standard InChI is InChI=1S/C24H33ClN4O4/c1-16-13-27(7-8-29(16)23(31)18-5-3-4-6-18)14-19-11-20(25)12-21(17(19)2)26-22(30)15-28-9-10-33-24(28)32/h11-12,16,18H,3-10,13-15H2,1-2H3,(H,26,30). The van der Waals surface area contributed by atoms with E-state index in [0.717, 1.165) is 43.6 Å². The number of nitrogens with one attached hydrogen (secondary N) is 1. The lowest BCUT2D eigenvalue weighted by Gasteiger charge is -2.41. The zero-order valence-electron chi connectivity index (χ0n) is 19.4. The van der Waals surface area contributed by atoms with Gasteiger partial charge in [-0.2, -0.15) is 0 Å². The molecule has 1 unspecified atom stereocenters. The second-order valence-corrected chi connectivity index (χ2v) is 9.86. The average Bonchev–Trinajstić information content (AvgIpc) is 3.43. The molecule has 1 aromatic carbocycles. The van der Waals surface area contributed by atoms with E-state index in [4.69, 9.17) is 16.3 Å². The van der Waals surface area contributed by atoms with Crippen LogP contribution in [0.15, 0.2) is 12.1 Å². The number of halogens is 1. The first-order valence-corrected chi connectivity index (χ1v) is 12.2. The maximum absolute atomic E-state index is 12.9. The van der Waals surface area contributed by atoms with E-state index in [0.29, 0.717) is 36.3 Å². The highest BCUT2D eigenvalue weighted by Gasteiger charge is 2.33. The lowest BCUT2D eigenvalue weighted by molar-refractivity contribution is -0.140. The molecule has 0 spiro atoms. The number of amides is 3. The summed E-state index contributed by atoms with van der Waals surface area (Å²) >= 11 is 6.38. The summed E-state index contributed by atoms with van der Waals surface area (Å²) in [6.07, 6.45) is 3.93. The molecule has 0 bridgehead atoms. The summed E-state index contributed by atoms with van der Waals surface area (Å²) in [4.78, 5) is 42.7. The molecule has 2 saturated heterocycles. The monoisotopic (exact) mass is 476 g/mol. The van der Waals surface area contributed by atoms with E-state index in [9.17, 15) is 14.4 Å². The predicted molar refractivity (Wildman–Crippen MR) is 126 cm³/mol. The Balaban J connectivity index is 1.37. The third-order valence-corrected chi connectivity index (χ3v) is 7.24. The van der Waals surface area contributed by atoms with Gasteiger partial charge in [-0.05, 0) is 49.9 Å². The van der Waals surface area contributed by atoms with E-state index in [1.54, 1.807) is 6.07 Å². The molecule has 2 aliphatic heterocycles. The van der Waals surface area contributed by atoms with Crippen molar-refractivity contribution >= 4 is 35.2 Å². The van der Waals surface area contributed by atoms with Crippen LogP contribution in [0, 0.1) is 12.8 Å². The fourth-order valence-electron chi connectivity index (χ4n) is 5.11. The van der Waals surface area contributed by atoms with Crippen LogP contribution in [-0.4, -0.2) is 78.0 Å². The fraction of sp³-hybridized carbons (Fsp3) is 0.625. The maximum atomic E-state index is 12.9. The van der Waals surface area contributed by atoms with Crippen molar-refractivity contribution in [1.29, 1.82) is 0 Å². The van der Waals surface area contributed by atoms with Crippen LogP contribution < -0.4 is 5.32 Å². The van der Waals surface area contributed by atoms with Crippen molar-refractivity contribution in [3.05, 3.63) is 28.3 Å². The topological polar surface area (TPSA) is 82.2 Å². The second kappa shape index (κ2) is 10.3. The highest BCUT2D eigenvalue weighted by molar-refractivity contribution is 6.31. The fourth-order valence-corrected chi connectivity index (χ4v) is 5.36. The molecule has 4 rings (SSSR count). The molecule has 2 heterocycles. The molecule has 9 heteroatoms. The molecular formula is C24H33ClN4O4. The number of anilines is 1. The Morgan fingerprint density at radius 3 is 2.61 bits per heavy atom. The molecule has 1 N–H and O–H groups in total. The quantitative estimate of drug-likeness (QED) is 0.681. The van der Waals surface area contributed by atoms with Crippen LogP contribution in [-0.2, 0) is 20.9 Å². The van der Waals surface area contributed by atoms with E-state index in [-0.39, 0.29) is 24.4 Å². The van der Waals surface area contributed by atoms with Crippen molar-refractivity contribution in [3.8, 4) is 0 Å². The summed E-state index contributed by atoms with van der Waals surface area (Å²) in [5, 5.41) is 3.44. The highest BCUT2D eigenvalue weighted by atomic mass is 35.5. The zero-order valence-corrected chi connectivity index (χ0v) is 20.2. The van der Waals surface area contributed by atoms with Gasteiger partial charge in [0.1, 0.15) is 13.2 Å². The van der Waals surface area contributed by atoms with E-state index >= 15 is 0 Å². The smallest absolute Gasteiger partial charge is 0.410 e. The summed E-state index contributed by atoms with van der Waals surface area (Å²) in [5.74, 6) is 0.256. The number of ether oxygens (including phenoxy) is 1. The van der Waals surface area contributed by atoms with Crippen LogP contribution in [0.2, 0.25) is 5.02 Å². The van der Waals surface area contributed by atoms with Gasteiger partial charge in [0, 0.05) is 48.8 Å². The number of cyclic esters (lactones) is 1. The Morgan fingerprint density at radius 2 is 1.94 bits per heavy atom. The van der Waals surface area contributed by atoms with Crippen LogP contribution in [0.25, 0.3) is 0 Å². The lowest BCUT2D eigenvalue weighted by Crippen LogP contribution is -2.54. The van der Waals surface area contributed by atoms with Gasteiger partial charge in [0.15, 0.2) is 0 Å². The summed E-state index contributed by atoms with van der Waals surface area (Å²) in [6, 6.07) is 3.85. The number of hydrogen-bond donors (Lipinski definition) is 1. The summed E-state index contributed by atoms with van der Waals surface area (Å²) in [7, 11) is 0. The van der Waals surface area contributed by atoms with E-state index in [1.807, 2.05) is 13.0 Å². The van der Waals surface area contributed by atoms with Crippen LogP contribution in [0.1, 0.15) is 43.7 Å². The third-order valence-electron chi connectivity index (χ3n) is 7.03. The second-order valence-electron chi connectivity index (χ2n) is 9.42. The molecule has 0 aromatic heterocycles. The first-order valence-electron chi connectivity index (χ1n) is 11.8. The van der Waals surface area contributed by atoms with Crippen LogP contribution >= 0.6 is 11.6 Å². The summed E-state index contributed by atoms with van der Waals surface area (Å²) in [6.45, 7) is 7.83. The van der Waals surface area contributed by atoms with Crippen molar-refractivity contribution in [1.82, 2.24) is 14.7 Å².